The number of nitrogens with zero attached hydrogens (tertiary/aromatic N) is 1. The van der Waals surface area contributed by atoms with Gasteiger partial charge < -0.3 is 19.7 Å². The van der Waals surface area contributed by atoms with Crippen molar-refractivity contribution in [3.05, 3.63) is 34.2 Å². The minimum absolute atomic E-state index is 0.0681. The number of fused-ring (bicyclic) bond motifs is 1. The molecule has 0 aliphatic rings. The number of carbonyl (C=O) groups excluding carboxylic acids is 1. The number of amides is 1. The Kier molecular flexibility index (Phi) is 5.72. The number of carboxylic acid groups (broad SMARTS) is 1. The van der Waals surface area contributed by atoms with Gasteiger partial charge in [0.15, 0.2) is 0 Å². The molecule has 1 aromatic heterocycles. The minimum Gasteiger partial charge on any atom is -0.477 e. The van der Waals surface area contributed by atoms with E-state index in [9.17, 15) is 19.1 Å². The smallest absolute Gasteiger partial charge is 0.407 e. The third kappa shape index (κ3) is 4.94. The minimum atomic E-state index is -1.09. The first-order valence-corrected chi connectivity index (χ1v) is 8.56. The number of aromatic nitrogens is 1. The molecule has 25 heavy (non-hydrogen) atoms. The topological polar surface area (TPSA) is 80.6 Å². The molecular weight excluding hydrogens is 395 g/mol. The first-order valence-electron chi connectivity index (χ1n) is 7.77. The molecule has 0 unspecified atom stereocenters. The van der Waals surface area contributed by atoms with Crippen LogP contribution in [0.4, 0.5) is 9.18 Å². The van der Waals surface area contributed by atoms with Crippen LogP contribution in [0.1, 0.15) is 37.7 Å². The molecule has 0 saturated heterocycles. The number of carbonyl (C=O) groups is 2. The summed E-state index contributed by atoms with van der Waals surface area (Å²) in [6, 6.07) is 4.03. The third-order valence-corrected chi connectivity index (χ3v) is 3.96. The Labute approximate surface area is 153 Å². The van der Waals surface area contributed by atoms with Crippen LogP contribution in [0.25, 0.3) is 10.9 Å². The molecule has 2 aromatic rings. The highest BCUT2D eigenvalue weighted by atomic mass is 79.9. The summed E-state index contributed by atoms with van der Waals surface area (Å²) in [6.45, 7) is 5.99. The van der Waals surface area contributed by atoms with Crippen LogP contribution in [-0.2, 0) is 11.3 Å². The van der Waals surface area contributed by atoms with Gasteiger partial charge in [-0.2, -0.15) is 0 Å². The molecule has 0 fully saturated rings. The van der Waals surface area contributed by atoms with Crippen LogP contribution < -0.4 is 5.32 Å². The van der Waals surface area contributed by atoms with Gasteiger partial charge in [0.1, 0.15) is 17.1 Å². The van der Waals surface area contributed by atoms with Crippen LogP contribution in [-0.4, -0.2) is 33.9 Å². The van der Waals surface area contributed by atoms with Crippen LogP contribution in [0.5, 0.6) is 0 Å². The molecule has 1 amide bonds. The summed E-state index contributed by atoms with van der Waals surface area (Å²) in [5, 5.41) is 12.5. The highest BCUT2D eigenvalue weighted by Crippen LogP contribution is 2.29. The van der Waals surface area contributed by atoms with Crippen LogP contribution in [0, 0.1) is 5.82 Å². The molecule has 1 aromatic carbocycles. The zero-order chi connectivity index (χ0) is 18.8. The maximum atomic E-state index is 13.5. The van der Waals surface area contributed by atoms with Crippen molar-refractivity contribution in [2.45, 2.75) is 39.3 Å². The molecule has 0 aliphatic heterocycles. The van der Waals surface area contributed by atoms with E-state index in [2.05, 4.69) is 21.2 Å². The van der Waals surface area contributed by atoms with Crippen molar-refractivity contribution in [2.75, 3.05) is 6.54 Å². The SMILES string of the molecule is CC(C)(C)OC(=O)NCCCn1c(C(=O)O)cc2cc(F)cc(Br)c21. The number of nitrogens with one attached hydrogen (secondary N) is 1. The van der Waals surface area contributed by atoms with Crippen molar-refractivity contribution >= 4 is 38.9 Å². The van der Waals surface area contributed by atoms with Crippen molar-refractivity contribution in [3.63, 3.8) is 0 Å². The van der Waals surface area contributed by atoms with E-state index >= 15 is 0 Å². The molecular formula is C17H20BrFN2O4. The number of aromatic carboxylic acids is 1. The van der Waals surface area contributed by atoms with Gasteiger partial charge in [0.2, 0.25) is 0 Å². The lowest BCUT2D eigenvalue weighted by Crippen LogP contribution is -2.33. The van der Waals surface area contributed by atoms with Gasteiger partial charge in [0.25, 0.3) is 0 Å². The molecule has 8 heteroatoms. The molecule has 6 nitrogen and oxygen atoms in total. The van der Waals surface area contributed by atoms with Gasteiger partial charge in [-0.3, -0.25) is 0 Å². The molecule has 2 rings (SSSR count). The number of benzene rings is 1. The number of hydrogen-bond acceptors (Lipinski definition) is 3. The van der Waals surface area contributed by atoms with Crippen LogP contribution in [0.3, 0.4) is 0 Å². The zero-order valence-corrected chi connectivity index (χ0v) is 15.8. The first-order chi connectivity index (χ1) is 11.6. The van der Waals surface area contributed by atoms with Crippen molar-refractivity contribution in [1.29, 1.82) is 0 Å². The number of hydrogen-bond donors (Lipinski definition) is 2. The molecule has 0 radical (unpaired) electrons. The maximum Gasteiger partial charge on any atom is 0.407 e. The molecule has 2 N–H and O–H groups in total. The number of alkyl carbamates (subject to hydrolysis) is 1. The summed E-state index contributed by atoms with van der Waals surface area (Å²) in [7, 11) is 0. The van der Waals surface area contributed by atoms with Gasteiger partial charge in [0.05, 0.1) is 5.52 Å². The Morgan fingerprint density at radius 3 is 2.60 bits per heavy atom. The second kappa shape index (κ2) is 7.43. The Morgan fingerprint density at radius 2 is 2.00 bits per heavy atom. The average molecular weight is 415 g/mol. The summed E-state index contributed by atoms with van der Waals surface area (Å²) >= 11 is 3.28. The molecule has 1 heterocycles. The van der Waals surface area contributed by atoms with Gasteiger partial charge in [-0.15, -0.1) is 0 Å². The fraction of sp³-hybridized carbons (Fsp3) is 0.412. The van der Waals surface area contributed by atoms with Gasteiger partial charge in [-0.05, 0) is 61.3 Å². The molecule has 136 valence electrons. The van der Waals surface area contributed by atoms with Crippen molar-refractivity contribution in [3.8, 4) is 0 Å². The number of aryl methyl sites for hydroxylation is 1. The summed E-state index contributed by atoms with van der Waals surface area (Å²) in [5.74, 6) is -1.54. The number of ether oxygens (including phenoxy) is 1. The molecule has 0 spiro atoms. The lowest BCUT2D eigenvalue weighted by Gasteiger charge is -2.19. The van der Waals surface area contributed by atoms with Gasteiger partial charge in [-0.1, -0.05) is 0 Å². The normalized spacial score (nSPS) is 11.6. The predicted molar refractivity (Wildman–Crippen MR) is 95.4 cm³/mol. The van der Waals surface area contributed by atoms with Gasteiger partial charge in [-0.25, -0.2) is 14.0 Å². The Morgan fingerprint density at radius 1 is 1.32 bits per heavy atom. The van der Waals surface area contributed by atoms with E-state index in [1.54, 1.807) is 25.3 Å². The fourth-order valence-corrected chi connectivity index (χ4v) is 3.14. The van der Waals surface area contributed by atoms with Crippen molar-refractivity contribution in [1.82, 2.24) is 9.88 Å². The number of halogens is 2. The second-order valence-electron chi connectivity index (χ2n) is 6.59. The first kappa shape index (κ1) is 19.2. The van der Waals surface area contributed by atoms with Crippen LogP contribution in [0.2, 0.25) is 0 Å². The number of carboxylic acids is 1. The van der Waals surface area contributed by atoms with Crippen molar-refractivity contribution < 1.29 is 23.8 Å². The highest BCUT2D eigenvalue weighted by molar-refractivity contribution is 9.10. The van der Waals surface area contributed by atoms with E-state index in [1.165, 1.54) is 18.2 Å². The van der Waals surface area contributed by atoms with E-state index in [0.29, 0.717) is 34.9 Å². The second-order valence-corrected chi connectivity index (χ2v) is 7.45. The van der Waals surface area contributed by atoms with Gasteiger partial charge in [0, 0.05) is 22.9 Å². The standard InChI is InChI=1S/C17H20BrFN2O4/c1-17(2,3)25-16(24)20-5-4-6-21-13(15(22)23)8-10-7-11(19)9-12(18)14(10)21/h7-9H,4-6H2,1-3H3,(H,20,24)(H,22,23). The third-order valence-electron chi connectivity index (χ3n) is 3.36. The van der Waals surface area contributed by atoms with Crippen LogP contribution >= 0.6 is 15.9 Å². The molecule has 0 atom stereocenters. The van der Waals surface area contributed by atoms with E-state index in [-0.39, 0.29) is 5.69 Å². The largest absolute Gasteiger partial charge is 0.477 e. The predicted octanol–water partition coefficient (Wildman–Crippen LogP) is 4.16. The quantitative estimate of drug-likeness (QED) is 0.719. The molecule has 0 bridgehead atoms. The Balaban J connectivity index is 2.11. The Bertz CT molecular complexity index is 811. The summed E-state index contributed by atoms with van der Waals surface area (Å²) in [6.07, 6.45) is -0.0285. The lowest BCUT2D eigenvalue weighted by atomic mass is 10.2. The highest BCUT2D eigenvalue weighted by Gasteiger charge is 2.18. The maximum absolute atomic E-state index is 13.5. The molecule has 0 saturated carbocycles. The fourth-order valence-electron chi connectivity index (χ4n) is 2.48. The van der Waals surface area contributed by atoms with Crippen molar-refractivity contribution in [2.24, 2.45) is 0 Å². The average Bonchev–Trinajstić information content (AvgIpc) is 2.80. The van der Waals surface area contributed by atoms with Crippen LogP contribution in [0.15, 0.2) is 22.7 Å². The summed E-state index contributed by atoms with van der Waals surface area (Å²) in [5.41, 5.74) is 0.0983. The van der Waals surface area contributed by atoms with E-state index < -0.39 is 23.5 Å². The van der Waals surface area contributed by atoms with E-state index in [0.717, 1.165) is 0 Å². The lowest BCUT2D eigenvalue weighted by molar-refractivity contribution is 0.0525. The summed E-state index contributed by atoms with van der Waals surface area (Å²) in [4.78, 5) is 23.1. The molecule has 0 aliphatic carbocycles. The Hall–Kier alpha value is -2.09. The van der Waals surface area contributed by atoms with Gasteiger partial charge >= 0.3 is 12.1 Å². The zero-order valence-electron chi connectivity index (χ0n) is 14.2. The summed E-state index contributed by atoms with van der Waals surface area (Å²) < 4.78 is 20.7. The van der Waals surface area contributed by atoms with E-state index in [4.69, 9.17) is 4.74 Å². The number of rotatable bonds is 5. The monoisotopic (exact) mass is 414 g/mol. The van der Waals surface area contributed by atoms with E-state index in [1.807, 2.05) is 0 Å².